The number of hydrogen-bond acceptors (Lipinski definition) is 7. The molecule has 0 aliphatic carbocycles. The number of rotatable bonds is 5. The maximum absolute atomic E-state index is 12.5. The van der Waals surface area contributed by atoms with Gasteiger partial charge in [0.2, 0.25) is 5.95 Å². The molecule has 1 aliphatic heterocycles. The molecule has 9 nitrogen and oxygen atoms in total. The van der Waals surface area contributed by atoms with Crippen LogP contribution in [0.5, 0.6) is 0 Å². The van der Waals surface area contributed by atoms with Gasteiger partial charge in [-0.25, -0.2) is 23.2 Å². The number of carbonyl (C=O) groups is 1. The average molecular weight is 500 g/mol. The first-order valence-corrected chi connectivity index (χ1v) is 13.8. The molecule has 1 saturated heterocycles. The fraction of sp³-hybridized carbons (Fsp3) is 0.480. The molecule has 0 bridgehead atoms. The van der Waals surface area contributed by atoms with E-state index in [0.717, 1.165) is 47.0 Å². The van der Waals surface area contributed by atoms with E-state index >= 15 is 0 Å². The maximum atomic E-state index is 12.5. The Labute approximate surface area is 206 Å². The van der Waals surface area contributed by atoms with E-state index in [2.05, 4.69) is 15.3 Å². The number of nitrogens with one attached hydrogen (secondary N) is 2. The summed E-state index contributed by atoms with van der Waals surface area (Å²) in [6, 6.07) is 5.09. The van der Waals surface area contributed by atoms with Crippen LogP contribution >= 0.6 is 0 Å². The Morgan fingerprint density at radius 3 is 2.77 bits per heavy atom. The van der Waals surface area contributed by atoms with E-state index in [4.69, 9.17) is 9.72 Å². The van der Waals surface area contributed by atoms with Gasteiger partial charge in [-0.1, -0.05) is 13.0 Å². The van der Waals surface area contributed by atoms with Crippen molar-refractivity contribution in [2.75, 3.05) is 24.7 Å². The molecular weight excluding hydrogens is 466 g/mol. The third-order valence-electron chi connectivity index (χ3n) is 5.99. The molecule has 0 spiro atoms. The van der Waals surface area contributed by atoms with E-state index in [1.807, 2.05) is 46.2 Å². The van der Waals surface area contributed by atoms with Crippen LogP contribution in [-0.4, -0.2) is 65.4 Å². The zero-order chi connectivity index (χ0) is 25.4. The summed E-state index contributed by atoms with van der Waals surface area (Å²) < 4.78 is 29.4. The van der Waals surface area contributed by atoms with Crippen molar-refractivity contribution in [3.63, 3.8) is 0 Å². The largest absolute Gasteiger partial charge is 0.444 e. The van der Waals surface area contributed by atoms with Crippen LogP contribution in [0, 0.1) is 0 Å². The van der Waals surface area contributed by atoms with E-state index in [0.29, 0.717) is 19.0 Å². The lowest BCUT2D eigenvalue weighted by atomic mass is 10.0. The molecule has 2 aromatic heterocycles. The van der Waals surface area contributed by atoms with Gasteiger partial charge in [-0.15, -0.1) is 0 Å². The second-order valence-corrected chi connectivity index (χ2v) is 12.0. The number of hydrogen-bond donors (Lipinski definition) is 2. The van der Waals surface area contributed by atoms with Crippen LogP contribution < -0.4 is 5.32 Å². The Bertz CT molecular complexity index is 1340. The summed E-state index contributed by atoms with van der Waals surface area (Å²) in [7, 11) is -3.30. The van der Waals surface area contributed by atoms with Gasteiger partial charge in [0.05, 0.1) is 10.6 Å². The highest BCUT2D eigenvalue weighted by Crippen LogP contribution is 2.32. The summed E-state index contributed by atoms with van der Waals surface area (Å²) >= 11 is 0. The van der Waals surface area contributed by atoms with Crippen molar-refractivity contribution in [3.05, 3.63) is 36.2 Å². The van der Waals surface area contributed by atoms with Crippen LogP contribution in [0.4, 0.5) is 10.7 Å². The highest BCUT2D eigenvalue weighted by molar-refractivity contribution is 7.90. The van der Waals surface area contributed by atoms with Crippen molar-refractivity contribution in [2.24, 2.45) is 0 Å². The number of amides is 1. The average Bonchev–Trinajstić information content (AvgIpc) is 3.21. The zero-order valence-electron chi connectivity index (χ0n) is 20.9. The van der Waals surface area contributed by atoms with Gasteiger partial charge >= 0.3 is 6.09 Å². The van der Waals surface area contributed by atoms with E-state index in [1.54, 1.807) is 17.0 Å². The smallest absolute Gasteiger partial charge is 0.410 e. The van der Waals surface area contributed by atoms with Gasteiger partial charge in [-0.2, -0.15) is 0 Å². The number of aromatic amines is 1. The predicted molar refractivity (Wildman–Crippen MR) is 136 cm³/mol. The van der Waals surface area contributed by atoms with E-state index in [-0.39, 0.29) is 17.0 Å². The van der Waals surface area contributed by atoms with Crippen LogP contribution in [-0.2, 0) is 21.0 Å². The maximum Gasteiger partial charge on any atom is 0.410 e. The number of ether oxygens (including phenoxy) is 1. The number of likely N-dealkylation sites (tertiary alicyclic amines) is 1. The van der Waals surface area contributed by atoms with Gasteiger partial charge in [0.15, 0.2) is 9.84 Å². The van der Waals surface area contributed by atoms with Crippen LogP contribution in [0.2, 0.25) is 0 Å². The molecule has 0 radical (unpaired) electrons. The minimum atomic E-state index is -3.30. The summed E-state index contributed by atoms with van der Waals surface area (Å²) in [5.41, 5.74) is 2.87. The van der Waals surface area contributed by atoms with E-state index in [1.165, 1.54) is 6.26 Å². The summed E-state index contributed by atoms with van der Waals surface area (Å²) in [6.07, 6.45) is 7.08. The van der Waals surface area contributed by atoms with Crippen LogP contribution in [0.15, 0.2) is 35.5 Å². The van der Waals surface area contributed by atoms with Crippen LogP contribution in [0.25, 0.3) is 22.2 Å². The van der Waals surface area contributed by atoms with Crippen molar-refractivity contribution in [1.29, 1.82) is 0 Å². The van der Waals surface area contributed by atoms with Crippen LogP contribution in [0.3, 0.4) is 0 Å². The highest BCUT2D eigenvalue weighted by atomic mass is 32.2. The number of aryl methyl sites for hydroxylation is 1. The van der Waals surface area contributed by atoms with E-state index in [9.17, 15) is 13.2 Å². The molecule has 3 heterocycles. The van der Waals surface area contributed by atoms with E-state index < -0.39 is 15.4 Å². The number of benzene rings is 1. The number of piperidine rings is 1. The van der Waals surface area contributed by atoms with Crippen LogP contribution in [0.1, 0.15) is 46.1 Å². The molecule has 1 aliphatic rings. The number of aromatic nitrogens is 3. The molecule has 35 heavy (non-hydrogen) atoms. The number of fused-ring (bicyclic) bond motifs is 1. The summed E-state index contributed by atoms with van der Waals surface area (Å²) in [4.78, 5) is 27.1. The molecular formula is C25H33N5O4S. The Balaban J connectivity index is 1.59. The minimum absolute atomic E-state index is 0.0110. The molecule has 10 heteroatoms. The number of anilines is 1. The first-order valence-electron chi connectivity index (χ1n) is 11.9. The topological polar surface area (TPSA) is 117 Å². The molecule has 4 rings (SSSR count). The second kappa shape index (κ2) is 9.49. The standard InChI is InChI=1S/C25H33N5O4S/c1-6-16-13-27-23(28-17-8-7-11-30(15-17)24(31)34-25(2,3)4)29-22(16)20-14-26-21-12-18(35(5,32)33)9-10-19(20)21/h9-10,12-14,17,26H,6-8,11,15H2,1-5H3,(H,27,28,29). The minimum Gasteiger partial charge on any atom is -0.444 e. The van der Waals surface area contributed by atoms with Crippen molar-refractivity contribution >= 4 is 32.8 Å². The van der Waals surface area contributed by atoms with Crippen molar-refractivity contribution < 1.29 is 17.9 Å². The molecule has 1 fully saturated rings. The third-order valence-corrected chi connectivity index (χ3v) is 7.10. The third kappa shape index (κ3) is 5.75. The second-order valence-electron chi connectivity index (χ2n) is 10.0. The lowest BCUT2D eigenvalue weighted by molar-refractivity contribution is 0.0206. The molecule has 0 saturated carbocycles. The van der Waals surface area contributed by atoms with Crippen molar-refractivity contribution in [3.8, 4) is 11.3 Å². The van der Waals surface area contributed by atoms with Gasteiger partial charge in [0.1, 0.15) is 5.60 Å². The van der Waals surface area contributed by atoms with Gasteiger partial charge in [0, 0.05) is 54.2 Å². The Morgan fingerprint density at radius 1 is 1.31 bits per heavy atom. The quantitative estimate of drug-likeness (QED) is 0.534. The lowest BCUT2D eigenvalue weighted by Crippen LogP contribution is -2.47. The molecule has 1 atom stereocenters. The first kappa shape index (κ1) is 25.0. The normalized spacial score (nSPS) is 16.9. The predicted octanol–water partition coefficient (Wildman–Crippen LogP) is 4.40. The summed E-state index contributed by atoms with van der Waals surface area (Å²) in [5, 5.41) is 4.29. The Kier molecular flexibility index (Phi) is 6.77. The summed E-state index contributed by atoms with van der Waals surface area (Å²) in [5.74, 6) is 0.496. The SMILES string of the molecule is CCc1cnc(NC2CCCN(C(=O)OC(C)(C)C)C2)nc1-c1c[nH]c2cc(S(C)(=O)=O)ccc12. The molecule has 3 aromatic rings. The number of carbonyl (C=O) groups excluding carboxylic acids is 1. The Morgan fingerprint density at radius 2 is 2.09 bits per heavy atom. The number of nitrogens with zero attached hydrogens (tertiary/aromatic N) is 3. The number of H-pyrrole nitrogens is 1. The molecule has 1 unspecified atom stereocenters. The highest BCUT2D eigenvalue weighted by Gasteiger charge is 2.28. The molecule has 188 valence electrons. The van der Waals surface area contributed by atoms with Crippen molar-refractivity contribution in [1.82, 2.24) is 19.9 Å². The fourth-order valence-electron chi connectivity index (χ4n) is 4.27. The summed E-state index contributed by atoms with van der Waals surface area (Å²) in [6.45, 7) is 8.82. The number of sulfone groups is 1. The van der Waals surface area contributed by atoms with Gasteiger partial charge in [0.25, 0.3) is 0 Å². The van der Waals surface area contributed by atoms with Gasteiger partial charge in [-0.3, -0.25) is 0 Å². The monoisotopic (exact) mass is 499 g/mol. The van der Waals surface area contributed by atoms with Gasteiger partial charge < -0.3 is 19.9 Å². The zero-order valence-corrected chi connectivity index (χ0v) is 21.7. The molecule has 1 aromatic carbocycles. The lowest BCUT2D eigenvalue weighted by Gasteiger charge is -2.34. The van der Waals surface area contributed by atoms with Crippen molar-refractivity contribution in [2.45, 2.75) is 63.5 Å². The molecule has 2 N–H and O–H groups in total. The fourth-order valence-corrected chi connectivity index (χ4v) is 4.92. The van der Waals surface area contributed by atoms with Gasteiger partial charge in [-0.05, 0) is 57.7 Å². The molecule has 1 amide bonds. The first-order chi connectivity index (χ1) is 16.4. The Hall–Kier alpha value is -3.14.